The molecule has 0 radical (unpaired) electrons. The highest BCUT2D eigenvalue weighted by atomic mass is 32.1. The second kappa shape index (κ2) is 8.39. The van der Waals surface area contributed by atoms with E-state index < -0.39 is 0 Å². The van der Waals surface area contributed by atoms with Gasteiger partial charge in [0.1, 0.15) is 22.8 Å². The lowest BCUT2D eigenvalue weighted by Crippen LogP contribution is -2.55. The molecule has 0 N–H and O–H groups in total. The Labute approximate surface area is 188 Å². The summed E-state index contributed by atoms with van der Waals surface area (Å²) < 4.78 is 1.87. The predicted octanol–water partition coefficient (Wildman–Crippen LogP) is 3.14. The Bertz CT molecular complexity index is 1280. The molecule has 1 aliphatic rings. The van der Waals surface area contributed by atoms with Crippen LogP contribution in [0, 0.1) is 0 Å². The summed E-state index contributed by atoms with van der Waals surface area (Å²) >= 11 is 1.28. The van der Waals surface area contributed by atoms with E-state index in [9.17, 15) is 14.4 Å². The van der Waals surface area contributed by atoms with Gasteiger partial charge in [-0.2, -0.15) is 0 Å². The number of hydrogen-bond acceptors (Lipinski definition) is 5. The van der Waals surface area contributed by atoms with E-state index in [4.69, 9.17) is 0 Å². The summed E-state index contributed by atoms with van der Waals surface area (Å²) in [5.74, 6) is -1.04. The standard InChI is InChI=1S/C24H20N4O3S/c29-19-15-27(16-20(30)28(19)14-10-17-7-2-1-3-8-17)24(31)22-21(26-12-4-5-13-26)18-9-6-11-25-23(18)32-22/h1-9,11-13H,10,14-16H2. The number of benzene rings is 1. The monoisotopic (exact) mass is 444 g/mol. The van der Waals surface area contributed by atoms with Gasteiger partial charge in [-0.05, 0) is 36.2 Å². The smallest absolute Gasteiger partial charge is 0.267 e. The molecule has 0 atom stereocenters. The van der Waals surface area contributed by atoms with Gasteiger partial charge >= 0.3 is 0 Å². The van der Waals surface area contributed by atoms with Crippen molar-refractivity contribution in [2.45, 2.75) is 6.42 Å². The quantitative estimate of drug-likeness (QED) is 0.443. The van der Waals surface area contributed by atoms with Gasteiger partial charge in [0.25, 0.3) is 5.91 Å². The van der Waals surface area contributed by atoms with Gasteiger partial charge in [0, 0.05) is 30.5 Å². The second-order valence-corrected chi connectivity index (χ2v) is 8.56. The lowest BCUT2D eigenvalue weighted by Gasteiger charge is -2.32. The SMILES string of the molecule is O=C(c1sc2ncccc2c1-n1cccc1)N1CC(=O)N(CCc2ccccc2)C(=O)C1. The largest absolute Gasteiger partial charge is 0.322 e. The average Bonchev–Trinajstić information content (AvgIpc) is 3.46. The fourth-order valence-electron chi connectivity index (χ4n) is 3.92. The molecule has 8 heteroatoms. The maximum Gasteiger partial charge on any atom is 0.267 e. The van der Waals surface area contributed by atoms with Crippen LogP contribution in [0.15, 0.2) is 73.2 Å². The van der Waals surface area contributed by atoms with Crippen LogP contribution in [0.1, 0.15) is 15.2 Å². The number of rotatable bonds is 5. The maximum atomic E-state index is 13.4. The highest BCUT2D eigenvalue weighted by molar-refractivity contribution is 7.21. The van der Waals surface area contributed by atoms with Gasteiger partial charge in [0.2, 0.25) is 11.8 Å². The molecular weight excluding hydrogens is 424 g/mol. The number of amides is 3. The third-order valence-electron chi connectivity index (χ3n) is 5.51. The summed E-state index contributed by atoms with van der Waals surface area (Å²) in [5.41, 5.74) is 1.78. The number of thiophene rings is 1. The van der Waals surface area contributed by atoms with E-state index in [1.165, 1.54) is 21.1 Å². The van der Waals surface area contributed by atoms with Crippen LogP contribution in [0.3, 0.4) is 0 Å². The number of piperazine rings is 1. The van der Waals surface area contributed by atoms with Crippen molar-refractivity contribution in [1.82, 2.24) is 19.4 Å². The molecule has 32 heavy (non-hydrogen) atoms. The first-order valence-corrected chi connectivity index (χ1v) is 11.1. The molecule has 4 aromatic rings. The summed E-state index contributed by atoms with van der Waals surface area (Å²) in [4.78, 5) is 47.1. The summed E-state index contributed by atoms with van der Waals surface area (Å²) in [7, 11) is 0. The molecule has 1 fully saturated rings. The van der Waals surface area contributed by atoms with E-state index in [0.29, 0.717) is 17.8 Å². The van der Waals surface area contributed by atoms with E-state index in [-0.39, 0.29) is 30.8 Å². The van der Waals surface area contributed by atoms with Crippen LogP contribution >= 0.6 is 11.3 Å². The molecule has 0 unspecified atom stereocenters. The minimum absolute atomic E-state index is 0.119. The number of aromatic nitrogens is 2. The topological polar surface area (TPSA) is 75.5 Å². The first-order chi connectivity index (χ1) is 15.6. The maximum absolute atomic E-state index is 13.4. The molecule has 0 bridgehead atoms. The minimum atomic E-state index is -0.354. The van der Waals surface area contributed by atoms with Crippen molar-refractivity contribution >= 4 is 39.3 Å². The number of imide groups is 1. The zero-order valence-electron chi connectivity index (χ0n) is 17.2. The molecule has 0 spiro atoms. The summed E-state index contributed by atoms with van der Waals surface area (Å²) in [6.07, 6.45) is 6.00. The molecule has 1 aliphatic heterocycles. The number of nitrogens with zero attached hydrogens (tertiary/aromatic N) is 4. The molecule has 160 valence electrons. The van der Waals surface area contributed by atoms with Crippen LogP contribution in [-0.2, 0) is 16.0 Å². The van der Waals surface area contributed by atoms with Crippen LogP contribution < -0.4 is 0 Å². The van der Waals surface area contributed by atoms with Crippen LogP contribution in [0.5, 0.6) is 0 Å². The van der Waals surface area contributed by atoms with Gasteiger partial charge in [-0.15, -0.1) is 11.3 Å². The van der Waals surface area contributed by atoms with Crippen molar-refractivity contribution in [2.24, 2.45) is 0 Å². The fraction of sp³-hybridized carbons (Fsp3) is 0.167. The number of fused-ring (bicyclic) bond motifs is 1. The molecule has 5 rings (SSSR count). The molecule has 4 heterocycles. The van der Waals surface area contributed by atoms with Gasteiger partial charge in [-0.3, -0.25) is 19.3 Å². The van der Waals surface area contributed by atoms with Crippen LogP contribution in [0.4, 0.5) is 0 Å². The van der Waals surface area contributed by atoms with Crippen LogP contribution in [-0.4, -0.2) is 56.7 Å². The minimum Gasteiger partial charge on any atom is -0.322 e. The lowest BCUT2D eigenvalue weighted by molar-refractivity contribution is -0.150. The zero-order chi connectivity index (χ0) is 22.1. The Morgan fingerprint density at radius 1 is 0.938 bits per heavy atom. The Morgan fingerprint density at radius 3 is 2.38 bits per heavy atom. The predicted molar refractivity (Wildman–Crippen MR) is 122 cm³/mol. The zero-order valence-corrected chi connectivity index (χ0v) is 18.0. The van der Waals surface area contributed by atoms with Crippen molar-refractivity contribution in [3.63, 3.8) is 0 Å². The van der Waals surface area contributed by atoms with E-state index in [2.05, 4.69) is 4.98 Å². The number of pyridine rings is 1. The Hall–Kier alpha value is -3.78. The average molecular weight is 445 g/mol. The number of carbonyl (C=O) groups excluding carboxylic acids is 3. The Balaban J connectivity index is 1.38. The van der Waals surface area contributed by atoms with E-state index in [1.807, 2.05) is 71.6 Å². The first kappa shape index (κ1) is 20.1. The van der Waals surface area contributed by atoms with Crippen molar-refractivity contribution in [2.75, 3.05) is 19.6 Å². The van der Waals surface area contributed by atoms with Crippen LogP contribution in [0.25, 0.3) is 15.9 Å². The summed E-state index contributed by atoms with van der Waals surface area (Å²) in [5, 5.41) is 0.858. The van der Waals surface area contributed by atoms with Crippen molar-refractivity contribution in [3.8, 4) is 5.69 Å². The summed E-state index contributed by atoms with van der Waals surface area (Å²) in [6, 6.07) is 17.2. The highest BCUT2D eigenvalue weighted by Crippen LogP contribution is 2.34. The van der Waals surface area contributed by atoms with Gasteiger partial charge in [0.05, 0.1) is 5.69 Å². The normalized spacial score (nSPS) is 14.4. The molecular formula is C24H20N4O3S. The molecule has 3 aromatic heterocycles. The molecule has 0 saturated carbocycles. The highest BCUT2D eigenvalue weighted by Gasteiger charge is 2.35. The number of hydrogen-bond donors (Lipinski definition) is 0. The van der Waals surface area contributed by atoms with Gasteiger partial charge < -0.3 is 9.47 Å². The van der Waals surface area contributed by atoms with Crippen molar-refractivity contribution in [1.29, 1.82) is 0 Å². The molecule has 0 aliphatic carbocycles. The Morgan fingerprint density at radius 2 is 1.66 bits per heavy atom. The van der Waals surface area contributed by atoms with Crippen LogP contribution in [0.2, 0.25) is 0 Å². The van der Waals surface area contributed by atoms with Gasteiger partial charge in [-0.25, -0.2) is 4.98 Å². The Kier molecular flexibility index (Phi) is 5.28. The molecule has 1 saturated heterocycles. The van der Waals surface area contributed by atoms with E-state index in [1.54, 1.807) is 6.20 Å². The van der Waals surface area contributed by atoms with Crippen molar-refractivity contribution < 1.29 is 14.4 Å². The van der Waals surface area contributed by atoms with Crippen molar-refractivity contribution in [3.05, 3.63) is 83.6 Å². The summed E-state index contributed by atoms with van der Waals surface area (Å²) in [6.45, 7) is 0.0729. The third kappa shape index (κ3) is 3.69. The molecule has 3 amide bonds. The molecule has 1 aromatic carbocycles. The molecule has 7 nitrogen and oxygen atoms in total. The lowest BCUT2D eigenvalue weighted by atomic mass is 10.1. The van der Waals surface area contributed by atoms with E-state index in [0.717, 1.165) is 21.5 Å². The third-order valence-corrected chi connectivity index (χ3v) is 6.60. The van der Waals surface area contributed by atoms with Gasteiger partial charge in [0.15, 0.2) is 0 Å². The van der Waals surface area contributed by atoms with Gasteiger partial charge in [-0.1, -0.05) is 30.3 Å². The fourth-order valence-corrected chi connectivity index (χ4v) is 5.03. The van der Waals surface area contributed by atoms with E-state index >= 15 is 0 Å². The second-order valence-electron chi connectivity index (χ2n) is 7.56. The first-order valence-electron chi connectivity index (χ1n) is 10.3. The number of carbonyl (C=O) groups is 3.